The van der Waals surface area contributed by atoms with Crippen molar-refractivity contribution in [2.75, 3.05) is 11.5 Å². The van der Waals surface area contributed by atoms with Crippen LogP contribution in [0.25, 0.3) is 5.69 Å². The van der Waals surface area contributed by atoms with Gasteiger partial charge in [-0.2, -0.15) is 4.98 Å². The van der Waals surface area contributed by atoms with Crippen molar-refractivity contribution >= 4 is 35.1 Å². The van der Waals surface area contributed by atoms with Crippen molar-refractivity contribution in [3.05, 3.63) is 45.7 Å². The number of amides is 1. The zero-order valence-electron chi connectivity index (χ0n) is 13.6. The van der Waals surface area contributed by atoms with E-state index in [9.17, 15) is 9.59 Å². The van der Waals surface area contributed by atoms with Crippen LogP contribution >= 0.6 is 23.4 Å². The summed E-state index contributed by atoms with van der Waals surface area (Å²) in [5.74, 6) is 0.386. The fourth-order valence-corrected chi connectivity index (χ4v) is 3.86. The van der Waals surface area contributed by atoms with Gasteiger partial charge in [0.15, 0.2) is 5.16 Å². The van der Waals surface area contributed by atoms with Gasteiger partial charge in [0.1, 0.15) is 5.82 Å². The number of rotatable bonds is 5. The monoisotopic (exact) mass is 378 g/mol. The predicted octanol–water partition coefficient (Wildman–Crippen LogP) is 2.62. The molecule has 3 rings (SSSR count). The number of anilines is 1. The molecule has 1 amide bonds. The third-order valence-corrected chi connectivity index (χ3v) is 5.25. The Morgan fingerprint density at radius 1 is 1.32 bits per heavy atom. The lowest BCUT2D eigenvalue weighted by molar-refractivity contribution is -0.119. The van der Waals surface area contributed by atoms with Gasteiger partial charge in [-0.3, -0.25) is 14.2 Å². The molecule has 2 aromatic rings. The van der Waals surface area contributed by atoms with Gasteiger partial charge in [-0.1, -0.05) is 36.2 Å². The lowest BCUT2D eigenvalue weighted by Gasteiger charge is -2.15. The summed E-state index contributed by atoms with van der Waals surface area (Å²) < 4.78 is 1.64. The van der Waals surface area contributed by atoms with Gasteiger partial charge >= 0.3 is 0 Å². The van der Waals surface area contributed by atoms with E-state index in [1.807, 2.05) is 0 Å². The number of hydrogen-bond acceptors (Lipinski definition) is 5. The Hall–Kier alpha value is -1.99. The second-order valence-corrected chi connectivity index (χ2v) is 7.33. The van der Waals surface area contributed by atoms with Crippen molar-refractivity contribution in [3.63, 3.8) is 0 Å². The highest BCUT2D eigenvalue weighted by atomic mass is 35.5. The van der Waals surface area contributed by atoms with Crippen LogP contribution in [0.1, 0.15) is 25.7 Å². The summed E-state index contributed by atoms with van der Waals surface area (Å²) in [6.07, 6.45) is 4.38. The molecule has 3 N–H and O–H groups in total. The lowest BCUT2D eigenvalue weighted by atomic mass is 10.2. The molecule has 0 spiro atoms. The van der Waals surface area contributed by atoms with Crippen molar-refractivity contribution in [2.45, 2.75) is 36.9 Å². The molecule has 0 saturated heterocycles. The Bertz CT molecular complexity index is 816. The van der Waals surface area contributed by atoms with Crippen LogP contribution in [0.5, 0.6) is 0 Å². The van der Waals surface area contributed by atoms with E-state index in [2.05, 4.69) is 10.3 Å². The number of carbonyl (C=O) groups is 1. The van der Waals surface area contributed by atoms with Crippen LogP contribution in [0.2, 0.25) is 5.02 Å². The maximum absolute atomic E-state index is 12.1. The van der Waals surface area contributed by atoms with Crippen LogP contribution in [0.3, 0.4) is 0 Å². The Kier molecular flexibility index (Phi) is 5.65. The standard InChI is InChI=1S/C17H19ClN4O2S/c18-11-5-7-13(8-6-11)22-14(19)9-15(23)21-17(22)25-10-16(24)20-12-3-1-2-4-12/h5-9,12H,1-4,10,19H2,(H,20,24). The van der Waals surface area contributed by atoms with Crippen LogP contribution in [0, 0.1) is 0 Å². The molecule has 132 valence electrons. The van der Waals surface area contributed by atoms with E-state index in [4.69, 9.17) is 17.3 Å². The maximum atomic E-state index is 12.1. The SMILES string of the molecule is Nc1cc(=O)nc(SCC(=O)NC2CCCC2)n1-c1ccc(Cl)cc1. The number of halogens is 1. The summed E-state index contributed by atoms with van der Waals surface area (Å²) in [5, 5.41) is 4.00. The fraction of sp³-hybridized carbons (Fsp3) is 0.353. The number of nitrogens with two attached hydrogens (primary N) is 1. The molecule has 0 bridgehead atoms. The molecule has 1 aromatic heterocycles. The van der Waals surface area contributed by atoms with Gasteiger partial charge in [-0.15, -0.1) is 0 Å². The smallest absolute Gasteiger partial charge is 0.275 e. The molecule has 6 nitrogen and oxygen atoms in total. The summed E-state index contributed by atoms with van der Waals surface area (Å²) in [7, 11) is 0. The van der Waals surface area contributed by atoms with Gasteiger partial charge in [0.2, 0.25) is 5.91 Å². The molecule has 8 heteroatoms. The van der Waals surface area contributed by atoms with E-state index >= 15 is 0 Å². The Morgan fingerprint density at radius 2 is 2.00 bits per heavy atom. The molecule has 0 radical (unpaired) electrons. The highest BCUT2D eigenvalue weighted by molar-refractivity contribution is 7.99. The van der Waals surface area contributed by atoms with E-state index in [0.717, 1.165) is 31.4 Å². The number of nitrogens with one attached hydrogen (secondary N) is 1. The minimum atomic E-state index is -0.429. The third-order valence-electron chi connectivity index (χ3n) is 4.06. The Morgan fingerprint density at radius 3 is 2.68 bits per heavy atom. The molecule has 25 heavy (non-hydrogen) atoms. The Labute approximate surface area is 154 Å². The molecule has 0 unspecified atom stereocenters. The first-order valence-electron chi connectivity index (χ1n) is 8.10. The number of thioether (sulfide) groups is 1. The summed E-state index contributed by atoms with van der Waals surface area (Å²) >= 11 is 7.12. The first-order chi connectivity index (χ1) is 12.0. The average molecular weight is 379 g/mol. The molecular weight excluding hydrogens is 360 g/mol. The zero-order valence-corrected chi connectivity index (χ0v) is 15.1. The van der Waals surface area contributed by atoms with E-state index < -0.39 is 5.56 Å². The van der Waals surface area contributed by atoms with Gasteiger partial charge in [-0.25, -0.2) is 0 Å². The van der Waals surface area contributed by atoms with E-state index in [1.54, 1.807) is 28.8 Å². The molecule has 1 aliphatic carbocycles. The first-order valence-corrected chi connectivity index (χ1v) is 9.47. The van der Waals surface area contributed by atoms with Crippen molar-refractivity contribution in [2.24, 2.45) is 0 Å². The molecule has 0 aliphatic heterocycles. The molecule has 1 aromatic carbocycles. The number of benzene rings is 1. The van der Waals surface area contributed by atoms with Crippen LogP contribution in [-0.4, -0.2) is 27.3 Å². The molecule has 1 fully saturated rings. The third kappa shape index (κ3) is 4.55. The van der Waals surface area contributed by atoms with Crippen LogP contribution < -0.4 is 16.6 Å². The molecule has 1 aliphatic rings. The van der Waals surface area contributed by atoms with Crippen molar-refractivity contribution in [3.8, 4) is 5.69 Å². The highest BCUT2D eigenvalue weighted by Gasteiger charge is 2.18. The number of nitrogens with zero attached hydrogens (tertiary/aromatic N) is 2. The van der Waals surface area contributed by atoms with Crippen molar-refractivity contribution in [1.29, 1.82) is 0 Å². The van der Waals surface area contributed by atoms with Crippen molar-refractivity contribution < 1.29 is 4.79 Å². The second-order valence-electron chi connectivity index (χ2n) is 5.95. The minimum absolute atomic E-state index is 0.0590. The molecular formula is C17H19ClN4O2S. The first kappa shape index (κ1) is 17.8. The topological polar surface area (TPSA) is 90.0 Å². The summed E-state index contributed by atoms with van der Waals surface area (Å²) in [6.45, 7) is 0. The van der Waals surface area contributed by atoms with Gasteiger partial charge < -0.3 is 11.1 Å². The van der Waals surface area contributed by atoms with Gasteiger partial charge in [0.25, 0.3) is 5.56 Å². The van der Waals surface area contributed by atoms with Gasteiger partial charge in [0.05, 0.1) is 5.75 Å². The molecule has 0 atom stereocenters. The average Bonchev–Trinajstić information content (AvgIpc) is 3.07. The number of hydrogen-bond donors (Lipinski definition) is 2. The molecule has 1 saturated carbocycles. The Balaban J connectivity index is 1.79. The van der Waals surface area contributed by atoms with Gasteiger partial charge in [-0.05, 0) is 37.1 Å². The van der Waals surface area contributed by atoms with Crippen LogP contribution in [-0.2, 0) is 4.79 Å². The van der Waals surface area contributed by atoms with E-state index in [0.29, 0.717) is 10.2 Å². The van der Waals surface area contributed by atoms with Gasteiger partial charge in [0, 0.05) is 22.8 Å². The van der Waals surface area contributed by atoms with Crippen molar-refractivity contribution in [1.82, 2.24) is 14.9 Å². The normalized spacial score (nSPS) is 14.6. The highest BCUT2D eigenvalue weighted by Crippen LogP contribution is 2.24. The minimum Gasteiger partial charge on any atom is -0.385 e. The maximum Gasteiger partial charge on any atom is 0.275 e. The molecule has 1 heterocycles. The predicted molar refractivity (Wildman–Crippen MR) is 100 cm³/mol. The van der Waals surface area contributed by atoms with Crippen LogP contribution in [0.15, 0.2) is 40.3 Å². The number of aromatic nitrogens is 2. The summed E-state index contributed by atoms with van der Waals surface area (Å²) in [5.41, 5.74) is 6.31. The van der Waals surface area contributed by atoms with E-state index in [1.165, 1.54) is 17.8 Å². The van der Waals surface area contributed by atoms with E-state index in [-0.39, 0.29) is 23.5 Å². The lowest BCUT2D eigenvalue weighted by Crippen LogP contribution is -2.34. The largest absolute Gasteiger partial charge is 0.385 e. The fourth-order valence-electron chi connectivity index (χ4n) is 2.89. The number of nitrogen functional groups attached to an aromatic ring is 1. The second kappa shape index (κ2) is 7.93. The van der Waals surface area contributed by atoms with Crippen LogP contribution in [0.4, 0.5) is 5.82 Å². The summed E-state index contributed by atoms with van der Waals surface area (Å²) in [6, 6.07) is 8.56. The summed E-state index contributed by atoms with van der Waals surface area (Å²) in [4.78, 5) is 27.9. The quantitative estimate of drug-likeness (QED) is 0.616. The number of carbonyl (C=O) groups excluding carboxylic acids is 1. The zero-order chi connectivity index (χ0) is 17.8.